The molecule has 1 aromatic carbocycles. The van der Waals surface area contributed by atoms with E-state index in [2.05, 4.69) is 26.2 Å². The summed E-state index contributed by atoms with van der Waals surface area (Å²) >= 11 is 9.07. The molecule has 0 amide bonds. The van der Waals surface area contributed by atoms with Crippen molar-refractivity contribution in [1.82, 2.24) is 15.0 Å². The molecular formula is C9H5BrClN3O2. The van der Waals surface area contributed by atoms with Gasteiger partial charge in [-0.05, 0) is 34.1 Å². The Morgan fingerprint density at radius 3 is 2.88 bits per heavy atom. The van der Waals surface area contributed by atoms with Gasteiger partial charge in [-0.15, -0.1) is 5.10 Å². The van der Waals surface area contributed by atoms with Gasteiger partial charge in [0.1, 0.15) is 0 Å². The molecule has 0 spiro atoms. The van der Waals surface area contributed by atoms with Crippen LogP contribution in [0.25, 0.3) is 5.69 Å². The van der Waals surface area contributed by atoms with Gasteiger partial charge in [-0.1, -0.05) is 16.8 Å². The molecule has 0 unspecified atom stereocenters. The topological polar surface area (TPSA) is 68.0 Å². The summed E-state index contributed by atoms with van der Waals surface area (Å²) in [5.74, 6) is -1.09. The summed E-state index contributed by atoms with van der Waals surface area (Å²) in [6, 6.07) is 4.96. The highest BCUT2D eigenvalue weighted by Crippen LogP contribution is 2.24. The first-order chi connectivity index (χ1) is 7.59. The molecule has 0 radical (unpaired) electrons. The predicted octanol–water partition coefficient (Wildman–Crippen LogP) is 2.38. The average Bonchev–Trinajstić information content (AvgIpc) is 2.66. The SMILES string of the molecule is O=C(O)c1cnnn1-c1ccc(Cl)cc1Br. The van der Waals surface area contributed by atoms with Gasteiger partial charge in [0.25, 0.3) is 0 Å². The summed E-state index contributed by atoms with van der Waals surface area (Å²) in [5, 5.41) is 16.7. The van der Waals surface area contributed by atoms with Crippen molar-refractivity contribution < 1.29 is 9.90 Å². The fraction of sp³-hybridized carbons (Fsp3) is 0. The third kappa shape index (κ3) is 1.94. The molecule has 16 heavy (non-hydrogen) atoms. The van der Waals surface area contributed by atoms with E-state index < -0.39 is 5.97 Å². The van der Waals surface area contributed by atoms with Gasteiger partial charge in [0, 0.05) is 9.50 Å². The van der Waals surface area contributed by atoms with Crippen LogP contribution in [0.1, 0.15) is 10.5 Å². The first-order valence-corrected chi connectivity index (χ1v) is 5.36. The Kier molecular flexibility index (Phi) is 2.93. The van der Waals surface area contributed by atoms with Crippen LogP contribution >= 0.6 is 27.5 Å². The smallest absolute Gasteiger partial charge is 0.356 e. The quantitative estimate of drug-likeness (QED) is 0.925. The summed E-state index contributed by atoms with van der Waals surface area (Å²) < 4.78 is 1.87. The second-order valence-electron chi connectivity index (χ2n) is 2.93. The van der Waals surface area contributed by atoms with Crippen molar-refractivity contribution in [2.75, 3.05) is 0 Å². The number of hydrogen-bond donors (Lipinski definition) is 1. The Balaban J connectivity index is 2.59. The van der Waals surface area contributed by atoms with Gasteiger partial charge in [0.05, 0.1) is 11.9 Å². The highest BCUT2D eigenvalue weighted by atomic mass is 79.9. The minimum atomic E-state index is -1.09. The van der Waals surface area contributed by atoms with E-state index >= 15 is 0 Å². The Bertz CT molecular complexity index is 555. The number of carbonyl (C=O) groups is 1. The molecule has 0 aliphatic heterocycles. The maximum atomic E-state index is 10.9. The van der Waals surface area contributed by atoms with E-state index in [1.54, 1.807) is 18.2 Å². The monoisotopic (exact) mass is 301 g/mol. The molecule has 0 saturated heterocycles. The summed E-state index contributed by atoms with van der Waals surface area (Å²) in [7, 11) is 0. The second-order valence-corrected chi connectivity index (χ2v) is 4.22. The maximum Gasteiger partial charge on any atom is 0.356 e. The number of aromatic nitrogens is 3. The fourth-order valence-corrected chi connectivity index (χ4v) is 2.06. The fourth-order valence-electron chi connectivity index (χ4n) is 1.21. The normalized spacial score (nSPS) is 10.4. The standard InChI is InChI=1S/C9H5BrClN3O2/c10-6-3-5(11)1-2-7(6)14-8(9(15)16)4-12-13-14/h1-4H,(H,15,16). The van der Waals surface area contributed by atoms with Crippen LogP contribution in [0.5, 0.6) is 0 Å². The first kappa shape index (κ1) is 11.1. The Morgan fingerprint density at radius 2 is 2.25 bits per heavy atom. The van der Waals surface area contributed by atoms with E-state index in [4.69, 9.17) is 16.7 Å². The van der Waals surface area contributed by atoms with Gasteiger partial charge in [-0.25, -0.2) is 9.48 Å². The van der Waals surface area contributed by atoms with E-state index in [1.807, 2.05) is 0 Å². The van der Waals surface area contributed by atoms with Crippen molar-refractivity contribution in [3.05, 3.63) is 39.6 Å². The molecule has 2 aromatic rings. The zero-order chi connectivity index (χ0) is 11.7. The van der Waals surface area contributed by atoms with Crippen LogP contribution in [0.3, 0.4) is 0 Å². The third-order valence-corrected chi connectivity index (χ3v) is 2.78. The summed E-state index contributed by atoms with van der Waals surface area (Å²) in [4.78, 5) is 10.9. The number of aromatic carboxylic acids is 1. The zero-order valence-electron chi connectivity index (χ0n) is 7.76. The van der Waals surface area contributed by atoms with Crippen molar-refractivity contribution in [2.45, 2.75) is 0 Å². The molecule has 1 aromatic heterocycles. The van der Waals surface area contributed by atoms with Crippen LogP contribution in [-0.2, 0) is 0 Å². The minimum absolute atomic E-state index is 0.0111. The molecule has 0 fully saturated rings. The van der Waals surface area contributed by atoms with E-state index in [-0.39, 0.29) is 5.69 Å². The molecule has 1 heterocycles. The Hall–Kier alpha value is -1.40. The van der Waals surface area contributed by atoms with E-state index in [1.165, 1.54) is 10.9 Å². The first-order valence-electron chi connectivity index (χ1n) is 4.19. The molecule has 7 heteroatoms. The third-order valence-electron chi connectivity index (χ3n) is 1.91. The Labute approximate surface area is 104 Å². The van der Waals surface area contributed by atoms with Gasteiger partial charge >= 0.3 is 5.97 Å². The van der Waals surface area contributed by atoms with E-state index in [0.717, 1.165) is 0 Å². The van der Waals surface area contributed by atoms with Crippen LogP contribution in [0.4, 0.5) is 0 Å². The maximum absolute atomic E-state index is 10.9. The lowest BCUT2D eigenvalue weighted by Crippen LogP contribution is -2.08. The lowest BCUT2D eigenvalue weighted by Gasteiger charge is -2.05. The number of rotatable bonds is 2. The molecule has 0 saturated carbocycles. The van der Waals surface area contributed by atoms with Crippen LogP contribution in [0.2, 0.25) is 5.02 Å². The summed E-state index contributed by atoms with van der Waals surface area (Å²) in [5.41, 5.74) is 0.558. The largest absolute Gasteiger partial charge is 0.476 e. The van der Waals surface area contributed by atoms with Gasteiger partial charge < -0.3 is 5.11 Å². The number of hydrogen-bond acceptors (Lipinski definition) is 3. The van der Waals surface area contributed by atoms with Crippen molar-refractivity contribution in [2.24, 2.45) is 0 Å². The Morgan fingerprint density at radius 1 is 1.50 bits per heavy atom. The predicted molar refractivity (Wildman–Crippen MR) is 61.0 cm³/mol. The summed E-state index contributed by atoms with van der Waals surface area (Å²) in [6.07, 6.45) is 1.18. The number of nitrogens with zero attached hydrogens (tertiary/aromatic N) is 3. The molecular weight excluding hydrogens is 297 g/mol. The highest BCUT2D eigenvalue weighted by molar-refractivity contribution is 9.10. The lowest BCUT2D eigenvalue weighted by molar-refractivity contribution is 0.0687. The van der Waals surface area contributed by atoms with Gasteiger partial charge in [-0.2, -0.15) is 0 Å². The molecule has 5 nitrogen and oxygen atoms in total. The van der Waals surface area contributed by atoms with Gasteiger partial charge in [0.15, 0.2) is 5.69 Å². The average molecular weight is 303 g/mol. The van der Waals surface area contributed by atoms with Crippen molar-refractivity contribution in [3.8, 4) is 5.69 Å². The van der Waals surface area contributed by atoms with Crippen molar-refractivity contribution in [3.63, 3.8) is 0 Å². The number of halogens is 2. The number of carboxylic acids is 1. The van der Waals surface area contributed by atoms with Gasteiger partial charge in [-0.3, -0.25) is 0 Å². The van der Waals surface area contributed by atoms with Crippen LogP contribution in [-0.4, -0.2) is 26.1 Å². The minimum Gasteiger partial charge on any atom is -0.476 e. The van der Waals surface area contributed by atoms with Crippen molar-refractivity contribution >= 4 is 33.5 Å². The van der Waals surface area contributed by atoms with Crippen LogP contribution in [0, 0.1) is 0 Å². The zero-order valence-corrected chi connectivity index (χ0v) is 10.1. The second kappa shape index (κ2) is 4.23. The van der Waals surface area contributed by atoms with Crippen LogP contribution in [0.15, 0.2) is 28.9 Å². The highest BCUT2D eigenvalue weighted by Gasteiger charge is 2.14. The molecule has 0 aliphatic rings. The summed E-state index contributed by atoms with van der Waals surface area (Å²) in [6.45, 7) is 0. The lowest BCUT2D eigenvalue weighted by atomic mass is 10.3. The molecule has 82 valence electrons. The van der Waals surface area contributed by atoms with E-state index in [0.29, 0.717) is 15.2 Å². The molecule has 2 rings (SSSR count). The molecule has 1 N–H and O–H groups in total. The van der Waals surface area contributed by atoms with E-state index in [9.17, 15) is 4.79 Å². The number of benzene rings is 1. The van der Waals surface area contributed by atoms with Crippen LogP contribution < -0.4 is 0 Å². The van der Waals surface area contributed by atoms with Gasteiger partial charge in [0.2, 0.25) is 0 Å². The molecule has 0 bridgehead atoms. The number of carboxylic acid groups (broad SMARTS) is 1. The molecule has 0 aliphatic carbocycles. The van der Waals surface area contributed by atoms with Crippen molar-refractivity contribution in [1.29, 1.82) is 0 Å². The molecule has 0 atom stereocenters.